The lowest BCUT2D eigenvalue weighted by molar-refractivity contribution is 1.38. The molecule has 0 aromatic heterocycles. The molecule has 1 nitrogen and oxygen atoms in total. The van der Waals surface area contributed by atoms with Crippen LogP contribution in [-0.2, 0) is 16.6 Å². The highest BCUT2D eigenvalue weighted by atomic mass is 32.2. The Morgan fingerprint density at radius 2 is 2.17 bits per heavy atom. The molecule has 0 aliphatic rings. The quantitative estimate of drug-likeness (QED) is 0.635. The van der Waals surface area contributed by atoms with E-state index in [0.717, 1.165) is 11.3 Å². The van der Waals surface area contributed by atoms with E-state index in [1.165, 1.54) is 5.56 Å². The van der Waals surface area contributed by atoms with Gasteiger partial charge in [-0.25, -0.2) is 0 Å². The number of nitriles is 1. The second-order valence-corrected chi connectivity index (χ2v) is 5.20. The molecule has 0 amide bonds. The van der Waals surface area contributed by atoms with Crippen molar-refractivity contribution >= 4 is 10.9 Å². The predicted molar refractivity (Wildman–Crippen MR) is 54.1 cm³/mol. The van der Waals surface area contributed by atoms with Gasteiger partial charge in [-0.05, 0) is 23.0 Å². The Balaban J connectivity index is 2.81. The normalized spacial score (nSPS) is 9.83. The van der Waals surface area contributed by atoms with E-state index in [1.54, 1.807) is 0 Å². The minimum Gasteiger partial charge on any atom is -0.192 e. The zero-order chi connectivity index (χ0) is 8.97. The van der Waals surface area contributed by atoms with E-state index in [1.807, 2.05) is 18.2 Å². The minimum atomic E-state index is 0.414. The molecule has 0 spiro atoms. The lowest BCUT2D eigenvalue weighted by Gasteiger charge is -1.97. The molecule has 1 aromatic rings. The Bertz CT molecular complexity index is 299. The first-order chi connectivity index (χ1) is 5.72. The second-order valence-electron chi connectivity index (χ2n) is 2.94. The van der Waals surface area contributed by atoms with Gasteiger partial charge in [-0.15, -0.1) is 0 Å². The van der Waals surface area contributed by atoms with E-state index < -0.39 is 0 Å². The molecule has 0 heterocycles. The molecule has 2 heteroatoms. The third-order valence-corrected chi connectivity index (χ3v) is 2.42. The summed E-state index contributed by atoms with van der Waals surface area (Å²) >= 11 is 0. The van der Waals surface area contributed by atoms with Crippen LogP contribution < -0.4 is 0 Å². The molecule has 0 radical (unpaired) electrons. The van der Waals surface area contributed by atoms with Crippen LogP contribution in [0.1, 0.15) is 11.1 Å². The molecule has 0 unspecified atom stereocenters. The summed E-state index contributed by atoms with van der Waals surface area (Å²) in [7, 11) is 0.414. The summed E-state index contributed by atoms with van der Waals surface area (Å²) in [6, 6.07) is 9.97. The summed E-state index contributed by atoms with van der Waals surface area (Å²) < 4.78 is 0. The maximum atomic E-state index is 8.65. The third-order valence-electron chi connectivity index (χ3n) is 1.51. The summed E-state index contributed by atoms with van der Waals surface area (Å²) in [6.07, 6.45) is 4.41. The van der Waals surface area contributed by atoms with Crippen molar-refractivity contribution in [2.24, 2.45) is 0 Å². The van der Waals surface area contributed by atoms with Gasteiger partial charge in [0.2, 0.25) is 0 Å². The predicted octanol–water partition coefficient (Wildman–Crippen LogP) is 1.94. The van der Waals surface area contributed by atoms with Crippen LogP contribution in [0.15, 0.2) is 24.3 Å². The summed E-state index contributed by atoms with van der Waals surface area (Å²) in [5.41, 5.74) is 2.03. The molecule has 0 N–H and O–H groups in total. The largest absolute Gasteiger partial charge is 0.192 e. The molecule has 1 aromatic carbocycles. The molecule has 0 atom stereocenters. The lowest BCUT2D eigenvalue weighted by atomic mass is 10.2. The van der Waals surface area contributed by atoms with Gasteiger partial charge in [0, 0.05) is 5.56 Å². The zero-order valence-corrected chi connectivity index (χ0v) is 8.19. The fourth-order valence-electron chi connectivity index (χ4n) is 1.06. The van der Waals surface area contributed by atoms with Gasteiger partial charge in [0.25, 0.3) is 0 Å². The van der Waals surface area contributed by atoms with Gasteiger partial charge in [-0.2, -0.15) is 5.26 Å². The minimum absolute atomic E-state index is 0.414. The van der Waals surface area contributed by atoms with Crippen LogP contribution in [0.3, 0.4) is 0 Å². The van der Waals surface area contributed by atoms with E-state index in [0.29, 0.717) is 10.9 Å². The zero-order valence-electron chi connectivity index (χ0n) is 7.37. The number of rotatable bonds is 2. The number of nitrogens with zero attached hydrogens (tertiary/aromatic N) is 1. The molecule has 0 aliphatic carbocycles. The van der Waals surface area contributed by atoms with E-state index in [2.05, 4.69) is 24.6 Å². The van der Waals surface area contributed by atoms with Crippen LogP contribution in [0.4, 0.5) is 0 Å². The van der Waals surface area contributed by atoms with Crippen molar-refractivity contribution < 1.29 is 0 Å². The molecule has 0 bridgehead atoms. The molecule has 62 valence electrons. The molecule has 12 heavy (non-hydrogen) atoms. The van der Waals surface area contributed by atoms with Crippen molar-refractivity contribution in [3.05, 3.63) is 35.4 Å². The van der Waals surface area contributed by atoms with Crippen molar-refractivity contribution in [2.45, 2.75) is 5.75 Å². The Kier molecular flexibility index (Phi) is 3.19. The highest BCUT2D eigenvalue weighted by molar-refractivity contribution is 7.94. The summed E-state index contributed by atoms with van der Waals surface area (Å²) in [4.78, 5) is 0. The van der Waals surface area contributed by atoms with Crippen LogP contribution in [-0.4, -0.2) is 12.5 Å². The van der Waals surface area contributed by atoms with E-state index in [9.17, 15) is 0 Å². The van der Waals surface area contributed by atoms with Crippen LogP contribution in [0, 0.1) is 11.3 Å². The fourth-order valence-corrected chi connectivity index (χ4v) is 1.91. The van der Waals surface area contributed by atoms with Gasteiger partial charge >= 0.3 is 0 Å². The fraction of sp³-hybridized carbons (Fsp3) is 0.300. The van der Waals surface area contributed by atoms with Crippen molar-refractivity contribution in [3.8, 4) is 6.07 Å². The first-order valence-corrected chi connectivity index (χ1v) is 5.96. The Hall–Kier alpha value is -0.940. The second kappa shape index (κ2) is 4.18. The average Bonchev–Trinajstić information content (AvgIpc) is 2.03. The third kappa shape index (κ3) is 2.60. The van der Waals surface area contributed by atoms with Crippen molar-refractivity contribution in [1.29, 1.82) is 5.26 Å². The van der Waals surface area contributed by atoms with Gasteiger partial charge in [-0.1, -0.05) is 12.1 Å². The van der Waals surface area contributed by atoms with Crippen molar-refractivity contribution in [3.63, 3.8) is 0 Å². The molecule has 0 fully saturated rings. The summed E-state index contributed by atoms with van der Waals surface area (Å²) in [5.74, 6) is 1.08. The van der Waals surface area contributed by atoms with Crippen molar-refractivity contribution in [2.75, 3.05) is 12.5 Å². The monoisotopic (exact) mass is 178 g/mol. The van der Waals surface area contributed by atoms with Crippen LogP contribution in [0.2, 0.25) is 0 Å². The highest BCUT2D eigenvalue weighted by Gasteiger charge is 2.04. The maximum absolute atomic E-state index is 8.65. The lowest BCUT2D eigenvalue weighted by Crippen LogP contribution is -1.99. The van der Waals surface area contributed by atoms with Crippen LogP contribution >= 0.6 is 0 Å². The molecule has 0 aliphatic heterocycles. The molecular formula is C10H12NS+. The van der Waals surface area contributed by atoms with Crippen LogP contribution in [0.25, 0.3) is 0 Å². The first kappa shape index (κ1) is 9.15. The molecule has 1 rings (SSSR count). The molecule has 0 saturated heterocycles. The number of hydrogen-bond acceptors (Lipinski definition) is 1. The molecular weight excluding hydrogens is 166 g/mol. The standard InChI is InChI=1S/C10H12NS/c1-12(2)8-10-5-3-4-9(6-10)7-11/h3-6H,8H2,1-2H3/q+1. The van der Waals surface area contributed by atoms with Gasteiger partial charge in [0.05, 0.1) is 24.1 Å². The summed E-state index contributed by atoms with van der Waals surface area (Å²) in [5, 5.41) is 8.65. The van der Waals surface area contributed by atoms with Gasteiger partial charge < -0.3 is 0 Å². The van der Waals surface area contributed by atoms with Gasteiger partial charge in [0.1, 0.15) is 5.75 Å². The van der Waals surface area contributed by atoms with E-state index in [4.69, 9.17) is 5.26 Å². The average molecular weight is 178 g/mol. The number of benzene rings is 1. The van der Waals surface area contributed by atoms with Crippen molar-refractivity contribution in [1.82, 2.24) is 0 Å². The smallest absolute Gasteiger partial charge is 0.132 e. The van der Waals surface area contributed by atoms with E-state index in [-0.39, 0.29) is 0 Å². The Morgan fingerprint density at radius 1 is 1.42 bits per heavy atom. The highest BCUT2D eigenvalue weighted by Crippen LogP contribution is 2.07. The maximum Gasteiger partial charge on any atom is 0.132 e. The van der Waals surface area contributed by atoms with E-state index >= 15 is 0 Å². The first-order valence-electron chi connectivity index (χ1n) is 3.75. The number of hydrogen-bond donors (Lipinski definition) is 0. The van der Waals surface area contributed by atoms with Crippen LogP contribution in [0.5, 0.6) is 0 Å². The van der Waals surface area contributed by atoms with Gasteiger partial charge in [0.15, 0.2) is 0 Å². The summed E-state index contributed by atoms with van der Waals surface area (Å²) in [6.45, 7) is 0. The Morgan fingerprint density at radius 3 is 2.75 bits per heavy atom. The Labute approximate surface area is 76.4 Å². The SMILES string of the molecule is C[S+](C)Cc1cccc(C#N)c1. The molecule has 0 saturated carbocycles. The van der Waals surface area contributed by atoms with Gasteiger partial charge in [-0.3, -0.25) is 0 Å². The topological polar surface area (TPSA) is 23.8 Å².